The molecule has 2 N–H and O–H groups in total. The maximum Gasteiger partial charge on any atom is 0.185 e. The Morgan fingerprint density at radius 1 is 1.62 bits per heavy atom. The van der Waals surface area contributed by atoms with Crippen LogP contribution in [0.3, 0.4) is 0 Å². The van der Waals surface area contributed by atoms with Crippen LogP contribution in [0.25, 0.3) is 0 Å². The van der Waals surface area contributed by atoms with Gasteiger partial charge in [-0.05, 0) is 12.8 Å². The number of thiazole rings is 1. The summed E-state index contributed by atoms with van der Waals surface area (Å²) in [6.45, 7) is 8.28. The van der Waals surface area contributed by atoms with E-state index in [9.17, 15) is 0 Å². The molecule has 3 nitrogen and oxygen atoms in total. The summed E-state index contributed by atoms with van der Waals surface area (Å²) in [7, 11) is 0. The van der Waals surface area contributed by atoms with Crippen molar-refractivity contribution in [2.45, 2.75) is 27.2 Å². The predicted octanol–water partition coefficient (Wildman–Crippen LogP) is 2.59. The molecule has 0 amide bonds. The maximum absolute atomic E-state index is 5.54. The van der Waals surface area contributed by atoms with Crippen molar-refractivity contribution >= 4 is 33.7 Å². The first kappa shape index (κ1) is 13.4. The van der Waals surface area contributed by atoms with Crippen LogP contribution in [-0.2, 0) is 0 Å². The van der Waals surface area contributed by atoms with E-state index in [1.165, 1.54) is 0 Å². The molecule has 1 aromatic heterocycles. The Balaban J connectivity index is 2.66. The molecule has 1 heterocycles. The smallest absolute Gasteiger partial charge is 0.185 e. The number of thiocarbonyl (C=S) groups is 1. The van der Waals surface area contributed by atoms with Crippen LogP contribution in [0.5, 0.6) is 0 Å². The van der Waals surface area contributed by atoms with Gasteiger partial charge in [0, 0.05) is 24.9 Å². The van der Waals surface area contributed by atoms with E-state index in [-0.39, 0.29) is 0 Å². The van der Waals surface area contributed by atoms with Crippen LogP contribution in [0.4, 0.5) is 5.13 Å². The molecule has 0 aromatic carbocycles. The number of aromatic nitrogens is 1. The fraction of sp³-hybridized carbons (Fsp3) is 0.636. The summed E-state index contributed by atoms with van der Waals surface area (Å²) in [5.74, 6) is 0.607. The molecule has 0 bridgehead atoms. The van der Waals surface area contributed by atoms with Crippen LogP contribution in [0, 0.1) is 12.8 Å². The van der Waals surface area contributed by atoms with Gasteiger partial charge in [-0.3, -0.25) is 0 Å². The Kier molecular flexibility index (Phi) is 5.15. The number of anilines is 1. The van der Waals surface area contributed by atoms with Crippen molar-refractivity contribution in [3.63, 3.8) is 0 Å². The van der Waals surface area contributed by atoms with E-state index in [1.807, 2.05) is 6.92 Å². The molecule has 0 unspecified atom stereocenters. The third-order valence-electron chi connectivity index (χ3n) is 2.09. The standard InChI is InChI=1S/C11H19N3S2/c1-8(2)6-14(5-4-10(12)15)11-13-9(3)7-16-11/h7-8H,4-6H2,1-3H3,(H2,12,15). The Labute approximate surface area is 107 Å². The molecule has 1 rings (SSSR count). The van der Waals surface area contributed by atoms with E-state index < -0.39 is 0 Å². The van der Waals surface area contributed by atoms with Gasteiger partial charge in [0.2, 0.25) is 0 Å². The number of nitrogens with zero attached hydrogens (tertiary/aromatic N) is 2. The minimum absolute atomic E-state index is 0.571. The number of nitrogens with two attached hydrogens (primary N) is 1. The van der Waals surface area contributed by atoms with E-state index in [4.69, 9.17) is 18.0 Å². The van der Waals surface area contributed by atoms with Crippen LogP contribution in [0.2, 0.25) is 0 Å². The SMILES string of the molecule is Cc1csc(N(CCC(N)=S)CC(C)C)n1. The average molecular weight is 257 g/mol. The molecule has 0 radical (unpaired) electrons. The molecule has 0 fully saturated rings. The molecule has 90 valence electrons. The second-order valence-electron chi connectivity index (χ2n) is 4.33. The third kappa shape index (κ3) is 4.45. The zero-order valence-corrected chi connectivity index (χ0v) is 11.7. The van der Waals surface area contributed by atoms with Gasteiger partial charge in [0.05, 0.1) is 10.7 Å². The monoisotopic (exact) mass is 257 g/mol. The van der Waals surface area contributed by atoms with Crippen LogP contribution in [0.1, 0.15) is 26.0 Å². The highest BCUT2D eigenvalue weighted by atomic mass is 32.1. The van der Waals surface area contributed by atoms with Gasteiger partial charge < -0.3 is 10.6 Å². The minimum atomic E-state index is 0.571. The van der Waals surface area contributed by atoms with Crippen molar-refractivity contribution in [3.8, 4) is 0 Å². The van der Waals surface area contributed by atoms with E-state index in [2.05, 4.69) is 29.1 Å². The molecule has 0 spiro atoms. The summed E-state index contributed by atoms with van der Waals surface area (Å²) in [5, 5.41) is 3.14. The van der Waals surface area contributed by atoms with Crippen molar-refractivity contribution < 1.29 is 0 Å². The highest BCUT2D eigenvalue weighted by Crippen LogP contribution is 2.21. The average Bonchev–Trinajstić information content (AvgIpc) is 2.58. The van der Waals surface area contributed by atoms with Gasteiger partial charge in [-0.1, -0.05) is 26.1 Å². The fourth-order valence-corrected chi connectivity index (χ4v) is 2.37. The van der Waals surface area contributed by atoms with Gasteiger partial charge in [0.1, 0.15) is 0 Å². The number of hydrogen-bond donors (Lipinski definition) is 1. The lowest BCUT2D eigenvalue weighted by molar-refractivity contribution is 0.612. The Hall–Kier alpha value is -0.680. The zero-order chi connectivity index (χ0) is 12.1. The molecule has 16 heavy (non-hydrogen) atoms. The van der Waals surface area contributed by atoms with E-state index in [0.29, 0.717) is 10.9 Å². The third-order valence-corrected chi connectivity index (χ3v) is 3.31. The fourth-order valence-electron chi connectivity index (χ4n) is 1.44. The first-order chi connectivity index (χ1) is 7.49. The normalized spacial score (nSPS) is 10.8. The quantitative estimate of drug-likeness (QED) is 0.795. The van der Waals surface area contributed by atoms with Crippen molar-refractivity contribution in [1.82, 2.24) is 4.98 Å². The molecular formula is C11H19N3S2. The number of aryl methyl sites for hydroxylation is 1. The molecule has 0 saturated heterocycles. The summed E-state index contributed by atoms with van der Waals surface area (Å²) in [4.78, 5) is 7.34. The Morgan fingerprint density at radius 2 is 2.31 bits per heavy atom. The van der Waals surface area contributed by atoms with Gasteiger partial charge in [-0.2, -0.15) is 0 Å². The van der Waals surface area contributed by atoms with Crippen molar-refractivity contribution in [3.05, 3.63) is 11.1 Å². The predicted molar refractivity (Wildman–Crippen MR) is 75.3 cm³/mol. The lowest BCUT2D eigenvalue weighted by Gasteiger charge is -2.23. The molecule has 0 aliphatic heterocycles. The second kappa shape index (κ2) is 6.15. The summed E-state index contributed by atoms with van der Waals surface area (Å²) in [6.07, 6.45) is 0.751. The highest BCUT2D eigenvalue weighted by molar-refractivity contribution is 7.80. The first-order valence-corrected chi connectivity index (χ1v) is 6.73. The van der Waals surface area contributed by atoms with Gasteiger partial charge in [0.25, 0.3) is 0 Å². The van der Waals surface area contributed by atoms with Gasteiger partial charge in [0.15, 0.2) is 5.13 Å². The first-order valence-electron chi connectivity index (χ1n) is 5.44. The van der Waals surface area contributed by atoms with Gasteiger partial charge >= 0.3 is 0 Å². The van der Waals surface area contributed by atoms with Crippen LogP contribution in [0.15, 0.2) is 5.38 Å². The van der Waals surface area contributed by atoms with Crippen molar-refractivity contribution in [2.75, 3.05) is 18.0 Å². The van der Waals surface area contributed by atoms with Crippen molar-refractivity contribution in [2.24, 2.45) is 11.7 Å². The largest absolute Gasteiger partial charge is 0.393 e. The number of rotatable bonds is 6. The minimum Gasteiger partial charge on any atom is -0.393 e. The summed E-state index contributed by atoms with van der Waals surface area (Å²) in [5.41, 5.74) is 6.62. The van der Waals surface area contributed by atoms with E-state index in [0.717, 1.165) is 30.3 Å². The highest BCUT2D eigenvalue weighted by Gasteiger charge is 2.11. The number of hydrogen-bond acceptors (Lipinski definition) is 4. The van der Waals surface area contributed by atoms with Crippen LogP contribution in [-0.4, -0.2) is 23.1 Å². The lowest BCUT2D eigenvalue weighted by Crippen LogP contribution is -2.30. The molecule has 0 aliphatic carbocycles. The van der Waals surface area contributed by atoms with Crippen LogP contribution < -0.4 is 10.6 Å². The van der Waals surface area contributed by atoms with Crippen molar-refractivity contribution in [1.29, 1.82) is 0 Å². The maximum atomic E-state index is 5.54. The van der Waals surface area contributed by atoms with Gasteiger partial charge in [-0.15, -0.1) is 11.3 Å². The molecule has 5 heteroatoms. The van der Waals surface area contributed by atoms with E-state index >= 15 is 0 Å². The topological polar surface area (TPSA) is 42.1 Å². The van der Waals surface area contributed by atoms with E-state index in [1.54, 1.807) is 11.3 Å². The zero-order valence-electron chi connectivity index (χ0n) is 10.1. The van der Waals surface area contributed by atoms with Gasteiger partial charge in [-0.25, -0.2) is 4.98 Å². The molecule has 1 aromatic rings. The molecule has 0 atom stereocenters. The summed E-state index contributed by atoms with van der Waals surface area (Å²) < 4.78 is 0. The summed E-state index contributed by atoms with van der Waals surface area (Å²) >= 11 is 6.60. The van der Waals surface area contributed by atoms with Crippen LogP contribution >= 0.6 is 23.6 Å². The second-order valence-corrected chi connectivity index (χ2v) is 5.69. The molecule has 0 saturated carbocycles. The lowest BCUT2D eigenvalue weighted by atomic mass is 10.2. The molecular weight excluding hydrogens is 238 g/mol. The Bertz CT molecular complexity index is 347. The summed E-state index contributed by atoms with van der Waals surface area (Å²) in [6, 6.07) is 0. The molecule has 0 aliphatic rings. The Morgan fingerprint density at radius 3 is 2.75 bits per heavy atom.